The van der Waals surface area contributed by atoms with Crippen molar-refractivity contribution in [2.45, 2.75) is 37.5 Å². The van der Waals surface area contributed by atoms with Gasteiger partial charge in [-0.15, -0.1) is 11.8 Å². The second-order valence-electron chi connectivity index (χ2n) is 6.94. The maximum Gasteiger partial charge on any atom is 0.337 e. The van der Waals surface area contributed by atoms with E-state index in [1.165, 1.54) is 7.11 Å². The smallest absolute Gasteiger partial charge is 0.337 e. The van der Waals surface area contributed by atoms with Crippen molar-refractivity contribution < 1.29 is 14.3 Å². The Morgan fingerprint density at radius 2 is 1.86 bits per heavy atom. The molecule has 5 nitrogen and oxygen atoms in total. The van der Waals surface area contributed by atoms with E-state index in [9.17, 15) is 9.59 Å². The summed E-state index contributed by atoms with van der Waals surface area (Å²) in [5, 5.41) is 6.24. The van der Waals surface area contributed by atoms with Crippen LogP contribution < -0.4 is 10.6 Å². The third-order valence-corrected chi connectivity index (χ3v) is 6.21. The number of urea groups is 1. The first kappa shape index (κ1) is 21.3. The Balaban J connectivity index is 1.97. The number of methoxy groups -OCH3 is 1. The lowest BCUT2D eigenvalue weighted by Crippen LogP contribution is -2.45. The number of carbonyl (C=O) groups is 2. The summed E-state index contributed by atoms with van der Waals surface area (Å²) in [7, 11) is 1.34. The van der Waals surface area contributed by atoms with Crippen molar-refractivity contribution in [1.29, 1.82) is 0 Å². The molecule has 0 spiro atoms. The van der Waals surface area contributed by atoms with Gasteiger partial charge in [0.15, 0.2) is 0 Å². The molecular weight excluding hydrogens is 408 g/mol. The first-order chi connectivity index (χ1) is 13.8. The van der Waals surface area contributed by atoms with E-state index in [0.29, 0.717) is 16.3 Å². The zero-order valence-electron chi connectivity index (χ0n) is 16.8. The number of rotatable bonds is 5. The standard InChI is InChI=1S/C22H23ClN2O3S/c1-12-9-15(11-29-17-7-5-16(23)6-8-17)13(2)18(10-12)20-19(21(26)28-4)14(3)24-22(27)25-20/h5-10,20H,11H2,1-4H3,(H2,24,25,27). The molecule has 1 heterocycles. The zero-order valence-corrected chi connectivity index (χ0v) is 18.3. The Bertz CT molecular complexity index is 986. The molecule has 2 aromatic rings. The van der Waals surface area contributed by atoms with Crippen molar-refractivity contribution in [1.82, 2.24) is 10.6 Å². The van der Waals surface area contributed by atoms with E-state index in [2.05, 4.69) is 16.7 Å². The lowest BCUT2D eigenvalue weighted by molar-refractivity contribution is -0.136. The SMILES string of the molecule is COC(=O)C1=C(C)NC(=O)NC1c1cc(C)cc(CSc2ccc(Cl)cc2)c1C. The summed E-state index contributed by atoms with van der Waals surface area (Å²) in [6, 6.07) is 11.0. The molecule has 7 heteroatoms. The molecule has 29 heavy (non-hydrogen) atoms. The first-order valence-corrected chi connectivity index (χ1v) is 10.5. The van der Waals surface area contributed by atoms with E-state index >= 15 is 0 Å². The fraction of sp³-hybridized carbons (Fsp3) is 0.273. The van der Waals surface area contributed by atoms with E-state index in [-0.39, 0.29) is 6.03 Å². The van der Waals surface area contributed by atoms with Gasteiger partial charge >= 0.3 is 12.0 Å². The molecule has 0 aromatic heterocycles. The van der Waals surface area contributed by atoms with Gasteiger partial charge < -0.3 is 15.4 Å². The van der Waals surface area contributed by atoms with Gasteiger partial charge in [0.2, 0.25) is 0 Å². The highest BCUT2D eigenvalue weighted by atomic mass is 35.5. The number of esters is 1. The average Bonchev–Trinajstić information content (AvgIpc) is 2.68. The summed E-state index contributed by atoms with van der Waals surface area (Å²) >= 11 is 7.68. The Kier molecular flexibility index (Phi) is 6.55. The third-order valence-electron chi connectivity index (χ3n) is 4.89. The van der Waals surface area contributed by atoms with Gasteiger partial charge in [-0.3, -0.25) is 0 Å². The molecule has 0 saturated carbocycles. The number of hydrogen-bond acceptors (Lipinski definition) is 4. The summed E-state index contributed by atoms with van der Waals surface area (Å²) < 4.78 is 4.96. The van der Waals surface area contributed by atoms with Crippen LogP contribution >= 0.6 is 23.4 Å². The molecule has 0 radical (unpaired) electrons. The number of nitrogens with one attached hydrogen (secondary N) is 2. The van der Waals surface area contributed by atoms with Crippen LogP contribution in [0.5, 0.6) is 0 Å². The van der Waals surface area contributed by atoms with E-state index < -0.39 is 12.0 Å². The number of benzene rings is 2. The van der Waals surface area contributed by atoms with Crippen molar-refractivity contribution >= 4 is 35.4 Å². The highest BCUT2D eigenvalue weighted by molar-refractivity contribution is 7.98. The molecule has 0 aliphatic carbocycles. The number of amides is 2. The van der Waals surface area contributed by atoms with Gasteiger partial charge in [-0.2, -0.15) is 0 Å². The van der Waals surface area contributed by atoms with E-state index in [4.69, 9.17) is 16.3 Å². The first-order valence-electron chi connectivity index (χ1n) is 9.15. The summed E-state index contributed by atoms with van der Waals surface area (Å²) in [5.74, 6) is 0.301. The summed E-state index contributed by atoms with van der Waals surface area (Å²) in [6.07, 6.45) is 0. The minimum absolute atomic E-state index is 0.335. The second kappa shape index (κ2) is 8.93. The number of halogens is 1. The molecular formula is C22H23ClN2O3S. The van der Waals surface area contributed by atoms with Gasteiger partial charge in [0.25, 0.3) is 0 Å². The molecule has 3 rings (SSSR count). The van der Waals surface area contributed by atoms with Crippen LogP contribution in [0.1, 0.15) is 35.2 Å². The predicted octanol–water partition coefficient (Wildman–Crippen LogP) is 5.05. The molecule has 1 aliphatic heterocycles. The quantitative estimate of drug-likeness (QED) is 0.514. The number of hydrogen-bond donors (Lipinski definition) is 2. The van der Waals surface area contributed by atoms with Crippen LogP contribution in [0.2, 0.25) is 5.02 Å². The van der Waals surface area contributed by atoms with E-state index in [0.717, 1.165) is 32.9 Å². The highest BCUT2D eigenvalue weighted by Crippen LogP contribution is 2.34. The Morgan fingerprint density at radius 3 is 2.52 bits per heavy atom. The summed E-state index contributed by atoms with van der Waals surface area (Å²) in [4.78, 5) is 25.6. The van der Waals surface area contributed by atoms with Gasteiger partial charge in [-0.1, -0.05) is 29.3 Å². The van der Waals surface area contributed by atoms with Gasteiger partial charge in [-0.05, 0) is 61.7 Å². The molecule has 1 atom stereocenters. The van der Waals surface area contributed by atoms with Gasteiger partial charge in [0.1, 0.15) is 0 Å². The molecule has 2 N–H and O–H groups in total. The third kappa shape index (κ3) is 4.77. The largest absolute Gasteiger partial charge is 0.466 e. The van der Waals surface area contributed by atoms with Gasteiger partial charge in [0.05, 0.1) is 18.7 Å². The van der Waals surface area contributed by atoms with E-state index in [1.54, 1.807) is 18.7 Å². The van der Waals surface area contributed by atoms with Crippen LogP contribution in [0, 0.1) is 13.8 Å². The number of allylic oxidation sites excluding steroid dienone is 1. The fourth-order valence-electron chi connectivity index (χ4n) is 3.41. The van der Waals surface area contributed by atoms with Crippen LogP contribution in [-0.2, 0) is 15.3 Å². The number of thioether (sulfide) groups is 1. The van der Waals surface area contributed by atoms with Crippen molar-refractivity contribution in [2.75, 3.05) is 7.11 Å². The normalized spacial score (nSPS) is 16.3. The molecule has 152 valence electrons. The highest BCUT2D eigenvalue weighted by Gasteiger charge is 2.33. The molecule has 0 fully saturated rings. The van der Waals surface area contributed by atoms with Crippen LogP contribution in [0.15, 0.2) is 52.6 Å². The molecule has 2 amide bonds. The van der Waals surface area contributed by atoms with Crippen molar-refractivity contribution in [3.63, 3.8) is 0 Å². The molecule has 1 aliphatic rings. The maximum atomic E-state index is 12.4. The second-order valence-corrected chi connectivity index (χ2v) is 8.43. The number of carbonyl (C=O) groups excluding carboxylic acids is 2. The minimum atomic E-state index is -0.560. The summed E-state index contributed by atoms with van der Waals surface area (Å²) in [6.45, 7) is 5.74. The molecule has 2 aromatic carbocycles. The van der Waals surface area contributed by atoms with Gasteiger partial charge in [-0.25, -0.2) is 9.59 Å². The van der Waals surface area contributed by atoms with E-state index in [1.807, 2.05) is 44.2 Å². The van der Waals surface area contributed by atoms with Crippen LogP contribution in [-0.4, -0.2) is 19.1 Å². The number of ether oxygens (including phenoxy) is 1. The van der Waals surface area contributed by atoms with Crippen molar-refractivity contribution in [3.8, 4) is 0 Å². The van der Waals surface area contributed by atoms with Gasteiger partial charge in [0, 0.05) is 21.4 Å². The molecule has 0 bridgehead atoms. The monoisotopic (exact) mass is 430 g/mol. The predicted molar refractivity (Wildman–Crippen MR) is 116 cm³/mol. The van der Waals surface area contributed by atoms with Crippen molar-refractivity contribution in [2.24, 2.45) is 0 Å². The molecule has 0 saturated heterocycles. The lowest BCUT2D eigenvalue weighted by atomic mass is 9.89. The van der Waals surface area contributed by atoms with Crippen LogP contribution in [0.3, 0.4) is 0 Å². The maximum absolute atomic E-state index is 12.4. The number of aryl methyl sites for hydroxylation is 1. The Morgan fingerprint density at radius 1 is 1.17 bits per heavy atom. The minimum Gasteiger partial charge on any atom is -0.466 e. The fourth-order valence-corrected chi connectivity index (χ4v) is 4.49. The van der Waals surface area contributed by atoms with Crippen LogP contribution in [0.25, 0.3) is 0 Å². The summed E-state index contributed by atoms with van der Waals surface area (Å²) in [5.41, 5.74) is 5.06. The van der Waals surface area contributed by atoms with Crippen molar-refractivity contribution in [3.05, 3.63) is 74.9 Å². The average molecular weight is 431 g/mol. The lowest BCUT2D eigenvalue weighted by Gasteiger charge is -2.29. The molecule has 1 unspecified atom stereocenters. The topological polar surface area (TPSA) is 67.4 Å². The zero-order chi connectivity index (χ0) is 21.1. The van der Waals surface area contributed by atoms with Crippen LogP contribution in [0.4, 0.5) is 4.79 Å². The Hall–Kier alpha value is -2.44. The Labute approximate surface area is 179 Å².